The van der Waals surface area contributed by atoms with E-state index >= 15 is 0 Å². The molecule has 1 aliphatic heterocycles. The first-order chi connectivity index (χ1) is 16.7. The summed E-state index contributed by atoms with van der Waals surface area (Å²) in [6, 6.07) is 23.7. The fraction of sp³-hybridized carbons (Fsp3) is 0.300. The number of carbonyl (C=O) groups excluding carboxylic acids is 1. The summed E-state index contributed by atoms with van der Waals surface area (Å²) in [4.78, 5) is 16.0. The lowest BCUT2D eigenvalue weighted by Gasteiger charge is -2.33. The Labute approximate surface area is 214 Å². The van der Waals surface area contributed by atoms with E-state index in [4.69, 9.17) is 0 Å². The fourth-order valence-electron chi connectivity index (χ4n) is 5.07. The molecule has 5 heteroatoms. The van der Waals surface area contributed by atoms with Gasteiger partial charge in [0, 0.05) is 38.1 Å². The molecule has 0 radical (unpaired) electrons. The van der Waals surface area contributed by atoms with Crippen LogP contribution in [0.5, 0.6) is 0 Å². The van der Waals surface area contributed by atoms with Crippen LogP contribution in [0.2, 0.25) is 0 Å². The molecule has 1 aliphatic rings. The van der Waals surface area contributed by atoms with Crippen LogP contribution in [0.25, 0.3) is 32.7 Å². The minimum atomic E-state index is 0. The Morgan fingerprint density at radius 2 is 1.57 bits per heavy atom. The van der Waals surface area contributed by atoms with Crippen LogP contribution in [-0.4, -0.2) is 38.6 Å². The smallest absolute Gasteiger partial charge is 0.253 e. The number of hydrogen-bond donors (Lipinski definition) is 2. The summed E-state index contributed by atoms with van der Waals surface area (Å²) in [7, 11) is 0. The molecule has 1 amide bonds. The number of piperazine rings is 1. The second kappa shape index (κ2) is 11.1. The maximum atomic E-state index is 13.6. The normalized spacial score (nSPS) is 13.6. The zero-order valence-corrected chi connectivity index (χ0v) is 21.4. The number of rotatable bonds is 6. The molecule has 0 atom stereocenters. The molecule has 4 aromatic rings. The third-order valence-electron chi connectivity index (χ3n) is 6.90. The van der Waals surface area contributed by atoms with Crippen molar-refractivity contribution < 1.29 is 4.79 Å². The van der Waals surface area contributed by atoms with Gasteiger partial charge < -0.3 is 15.5 Å². The van der Waals surface area contributed by atoms with Crippen molar-refractivity contribution in [2.24, 2.45) is 0 Å². The van der Waals surface area contributed by atoms with Crippen LogP contribution in [0.1, 0.15) is 35.7 Å². The SMILES string of the molecule is CCCCNC(=O)c1cc(-c2ccccc2C)c2cc3ccccc3cc2c1N1CCNCC1.Cl. The fourth-order valence-corrected chi connectivity index (χ4v) is 5.07. The number of amides is 1. The van der Waals surface area contributed by atoms with Crippen molar-refractivity contribution in [1.82, 2.24) is 10.6 Å². The number of benzene rings is 4. The van der Waals surface area contributed by atoms with Gasteiger partial charge in [-0.2, -0.15) is 0 Å². The van der Waals surface area contributed by atoms with E-state index in [-0.39, 0.29) is 18.3 Å². The minimum absolute atomic E-state index is 0. The van der Waals surface area contributed by atoms with Gasteiger partial charge in [0.05, 0.1) is 11.3 Å². The summed E-state index contributed by atoms with van der Waals surface area (Å²) in [5.74, 6) is 0.0203. The maximum absolute atomic E-state index is 13.6. The summed E-state index contributed by atoms with van der Waals surface area (Å²) in [6.07, 6.45) is 2.04. The second-order valence-corrected chi connectivity index (χ2v) is 9.23. The van der Waals surface area contributed by atoms with Crippen LogP contribution >= 0.6 is 12.4 Å². The zero-order valence-electron chi connectivity index (χ0n) is 20.6. The van der Waals surface area contributed by atoms with Gasteiger partial charge in [0.2, 0.25) is 0 Å². The van der Waals surface area contributed by atoms with Gasteiger partial charge in [-0.25, -0.2) is 0 Å². The molecule has 35 heavy (non-hydrogen) atoms. The third kappa shape index (κ3) is 5.00. The molecule has 0 aromatic heterocycles. The summed E-state index contributed by atoms with van der Waals surface area (Å²) < 4.78 is 0. The van der Waals surface area contributed by atoms with E-state index < -0.39 is 0 Å². The van der Waals surface area contributed by atoms with Crippen LogP contribution in [0.3, 0.4) is 0 Å². The molecule has 1 fully saturated rings. The molecule has 0 bridgehead atoms. The van der Waals surface area contributed by atoms with Crippen molar-refractivity contribution in [3.63, 3.8) is 0 Å². The molecule has 0 spiro atoms. The molecule has 0 unspecified atom stereocenters. The maximum Gasteiger partial charge on any atom is 0.253 e. The number of carbonyl (C=O) groups is 1. The lowest BCUT2D eigenvalue weighted by molar-refractivity contribution is 0.0953. The van der Waals surface area contributed by atoms with Gasteiger partial charge in [0.1, 0.15) is 0 Å². The van der Waals surface area contributed by atoms with Crippen molar-refractivity contribution in [2.45, 2.75) is 26.7 Å². The van der Waals surface area contributed by atoms with E-state index in [1.807, 2.05) is 0 Å². The van der Waals surface area contributed by atoms with Crippen LogP contribution in [0.15, 0.2) is 66.7 Å². The number of fused-ring (bicyclic) bond motifs is 2. The Bertz CT molecular complexity index is 1340. The first kappa shape index (κ1) is 25.0. The quantitative estimate of drug-likeness (QED) is 0.247. The largest absolute Gasteiger partial charge is 0.368 e. The van der Waals surface area contributed by atoms with Crippen molar-refractivity contribution in [1.29, 1.82) is 0 Å². The topological polar surface area (TPSA) is 44.4 Å². The Balaban J connectivity index is 0.00000289. The highest BCUT2D eigenvalue weighted by Gasteiger charge is 2.24. The number of anilines is 1. The summed E-state index contributed by atoms with van der Waals surface area (Å²) in [5, 5.41) is 11.4. The summed E-state index contributed by atoms with van der Waals surface area (Å²) in [6.45, 7) is 8.62. The van der Waals surface area contributed by atoms with Gasteiger partial charge in [-0.15, -0.1) is 12.4 Å². The highest BCUT2D eigenvalue weighted by Crippen LogP contribution is 2.41. The summed E-state index contributed by atoms with van der Waals surface area (Å²) in [5.41, 5.74) is 5.35. The molecule has 4 nitrogen and oxygen atoms in total. The average Bonchev–Trinajstić information content (AvgIpc) is 2.87. The molecule has 2 N–H and O–H groups in total. The highest BCUT2D eigenvalue weighted by atomic mass is 35.5. The van der Waals surface area contributed by atoms with Gasteiger partial charge >= 0.3 is 0 Å². The van der Waals surface area contributed by atoms with Crippen molar-refractivity contribution in [3.8, 4) is 11.1 Å². The molecular weight excluding hydrogens is 454 g/mol. The van der Waals surface area contributed by atoms with E-state index in [0.29, 0.717) is 6.54 Å². The minimum Gasteiger partial charge on any atom is -0.368 e. The predicted molar refractivity (Wildman–Crippen MR) is 151 cm³/mol. The number of aryl methyl sites for hydroxylation is 1. The van der Waals surface area contributed by atoms with Crippen molar-refractivity contribution in [2.75, 3.05) is 37.6 Å². The van der Waals surface area contributed by atoms with Gasteiger partial charge in [0.25, 0.3) is 5.91 Å². The molecule has 1 saturated heterocycles. The number of hydrogen-bond acceptors (Lipinski definition) is 3. The molecule has 4 aromatic carbocycles. The van der Waals surface area contributed by atoms with Gasteiger partial charge in [-0.3, -0.25) is 4.79 Å². The first-order valence-corrected chi connectivity index (χ1v) is 12.5. The number of nitrogens with zero attached hydrogens (tertiary/aromatic N) is 1. The van der Waals surface area contributed by atoms with Crippen molar-refractivity contribution in [3.05, 3.63) is 77.9 Å². The van der Waals surface area contributed by atoms with E-state index in [2.05, 4.69) is 96.1 Å². The number of nitrogens with one attached hydrogen (secondary N) is 2. The Morgan fingerprint density at radius 1 is 0.914 bits per heavy atom. The first-order valence-electron chi connectivity index (χ1n) is 12.5. The number of halogens is 1. The third-order valence-corrected chi connectivity index (χ3v) is 6.90. The molecule has 0 aliphatic carbocycles. The van der Waals surface area contributed by atoms with Crippen LogP contribution < -0.4 is 15.5 Å². The second-order valence-electron chi connectivity index (χ2n) is 9.23. The van der Waals surface area contributed by atoms with E-state index in [1.54, 1.807) is 0 Å². The van der Waals surface area contributed by atoms with Gasteiger partial charge in [-0.05, 0) is 64.4 Å². The van der Waals surface area contributed by atoms with Crippen LogP contribution in [0, 0.1) is 6.92 Å². The molecule has 182 valence electrons. The average molecular weight is 488 g/mol. The van der Waals surface area contributed by atoms with Crippen LogP contribution in [0.4, 0.5) is 5.69 Å². The Morgan fingerprint density at radius 3 is 2.26 bits per heavy atom. The number of unbranched alkanes of at least 4 members (excludes halogenated alkanes) is 1. The van der Waals surface area contributed by atoms with E-state index in [0.717, 1.165) is 61.2 Å². The summed E-state index contributed by atoms with van der Waals surface area (Å²) >= 11 is 0. The lowest BCUT2D eigenvalue weighted by Crippen LogP contribution is -2.44. The molecular formula is C30H34ClN3O. The van der Waals surface area contributed by atoms with Crippen LogP contribution in [-0.2, 0) is 0 Å². The Kier molecular flexibility index (Phi) is 7.94. The molecule has 1 heterocycles. The monoisotopic (exact) mass is 487 g/mol. The van der Waals surface area contributed by atoms with E-state index in [9.17, 15) is 4.79 Å². The Hall–Kier alpha value is -3.08. The van der Waals surface area contributed by atoms with Gasteiger partial charge in [0.15, 0.2) is 0 Å². The lowest BCUT2D eigenvalue weighted by atomic mass is 9.89. The predicted octanol–water partition coefficient (Wildman–Crippen LogP) is 6.33. The zero-order chi connectivity index (χ0) is 23.5. The van der Waals surface area contributed by atoms with Crippen molar-refractivity contribution >= 4 is 45.5 Å². The van der Waals surface area contributed by atoms with Gasteiger partial charge in [-0.1, -0.05) is 61.9 Å². The standard InChI is InChI=1S/C30H33N3O.ClH/c1-3-4-13-32-30(34)28-20-26(24-12-8-5-9-21(24)2)25-18-22-10-6-7-11-23(22)19-27(25)29(28)33-16-14-31-15-17-33;/h5-12,18-20,31H,3-4,13-17H2,1-2H3,(H,32,34);1H. The van der Waals surface area contributed by atoms with E-state index in [1.165, 1.54) is 27.3 Å². The molecule has 0 saturated carbocycles. The highest BCUT2D eigenvalue weighted by molar-refractivity contribution is 6.16. The molecule has 5 rings (SSSR count).